The first kappa shape index (κ1) is 15.1. The van der Waals surface area contributed by atoms with Crippen molar-refractivity contribution in [2.75, 3.05) is 31.1 Å². The molecule has 3 nitrogen and oxygen atoms in total. The zero-order chi connectivity index (χ0) is 10.4. The van der Waals surface area contributed by atoms with Gasteiger partial charge in [-0.05, 0) is 31.1 Å². The van der Waals surface area contributed by atoms with E-state index in [1.165, 1.54) is 0 Å². The first-order valence-corrected chi connectivity index (χ1v) is 6.49. The summed E-state index contributed by atoms with van der Waals surface area (Å²) in [5.41, 5.74) is 5.57. The molecule has 5 heteroatoms. The largest absolute Gasteiger partial charge is 0.342 e. The third-order valence-corrected chi connectivity index (χ3v) is 3.69. The van der Waals surface area contributed by atoms with E-state index >= 15 is 0 Å². The zero-order valence-corrected chi connectivity index (χ0v) is 10.9. The third-order valence-electron chi connectivity index (χ3n) is 2.55. The van der Waals surface area contributed by atoms with Gasteiger partial charge in [-0.2, -0.15) is 11.8 Å². The van der Waals surface area contributed by atoms with Gasteiger partial charge in [-0.25, -0.2) is 0 Å². The van der Waals surface area contributed by atoms with E-state index in [0.717, 1.165) is 31.7 Å². The van der Waals surface area contributed by atoms with Crippen molar-refractivity contribution in [2.45, 2.75) is 19.8 Å². The van der Waals surface area contributed by atoms with Crippen LogP contribution in [0, 0.1) is 5.92 Å². The van der Waals surface area contributed by atoms with Crippen LogP contribution >= 0.6 is 24.2 Å². The number of likely N-dealkylation sites (tertiary alicyclic amines) is 1. The molecular weight excluding hydrogens is 232 g/mol. The highest BCUT2D eigenvalue weighted by molar-refractivity contribution is 7.99. The number of carbonyl (C=O) groups excluding carboxylic acids is 1. The number of hydrogen-bond donors (Lipinski definition) is 1. The monoisotopic (exact) mass is 252 g/mol. The van der Waals surface area contributed by atoms with Crippen LogP contribution in [0.4, 0.5) is 0 Å². The number of carbonyl (C=O) groups is 1. The van der Waals surface area contributed by atoms with Gasteiger partial charge in [0.1, 0.15) is 0 Å². The van der Waals surface area contributed by atoms with Crippen LogP contribution in [-0.2, 0) is 4.79 Å². The highest BCUT2D eigenvalue weighted by Gasteiger charge is 2.24. The van der Waals surface area contributed by atoms with E-state index in [0.29, 0.717) is 24.1 Å². The Hall–Kier alpha value is 0.0700. The van der Waals surface area contributed by atoms with Crippen LogP contribution in [0.25, 0.3) is 0 Å². The van der Waals surface area contributed by atoms with Gasteiger partial charge in [-0.1, -0.05) is 6.92 Å². The Bertz CT molecular complexity index is 192. The summed E-state index contributed by atoms with van der Waals surface area (Å²) in [5, 5.41) is 0. The predicted octanol–water partition coefficient (Wildman–Crippen LogP) is 1.36. The lowest BCUT2D eigenvalue weighted by atomic mass is 10.1. The van der Waals surface area contributed by atoms with Crippen molar-refractivity contribution < 1.29 is 4.79 Å². The summed E-state index contributed by atoms with van der Waals surface area (Å²) < 4.78 is 0. The van der Waals surface area contributed by atoms with Crippen LogP contribution in [-0.4, -0.2) is 41.9 Å². The first-order valence-electron chi connectivity index (χ1n) is 5.33. The molecule has 90 valence electrons. The third kappa shape index (κ3) is 5.09. The second-order valence-electron chi connectivity index (χ2n) is 3.78. The summed E-state index contributed by atoms with van der Waals surface area (Å²) in [6.45, 7) is 4.64. The lowest BCUT2D eigenvalue weighted by Gasteiger charge is -2.15. The zero-order valence-electron chi connectivity index (χ0n) is 9.28. The van der Waals surface area contributed by atoms with Crippen LogP contribution in [0.15, 0.2) is 0 Å². The lowest BCUT2D eigenvalue weighted by Crippen LogP contribution is -2.31. The molecule has 0 aromatic heterocycles. The van der Waals surface area contributed by atoms with Gasteiger partial charge in [0.15, 0.2) is 0 Å². The van der Waals surface area contributed by atoms with E-state index < -0.39 is 0 Å². The fraction of sp³-hybridized carbons (Fsp3) is 0.900. The molecule has 1 heterocycles. The standard InChI is InChI=1S/C10H20N2OS.ClH/c1-2-5-14-8-10(13)12-4-3-9(6-11)7-12;/h9H,2-8,11H2,1H3;1H. The summed E-state index contributed by atoms with van der Waals surface area (Å²) in [6.07, 6.45) is 2.23. The molecule has 0 aromatic rings. The molecule has 1 rings (SSSR count). The van der Waals surface area contributed by atoms with Gasteiger partial charge in [-0.15, -0.1) is 12.4 Å². The number of thioether (sulfide) groups is 1. The number of hydrogen-bond acceptors (Lipinski definition) is 3. The molecule has 0 aromatic carbocycles. The SMILES string of the molecule is CCCSCC(=O)N1CCC(CN)C1.Cl. The van der Waals surface area contributed by atoms with Crippen molar-refractivity contribution in [3.8, 4) is 0 Å². The van der Waals surface area contributed by atoms with E-state index in [4.69, 9.17) is 5.73 Å². The van der Waals surface area contributed by atoms with Crippen molar-refractivity contribution >= 4 is 30.1 Å². The van der Waals surface area contributed by atoms with Gasteiger partial charge in [0, 0.05) is 13.1 Å². The maximum absolute atomic E-state index is 11.6. The molecule has 1 unspecified atom stereocenters. The van der Waals surface area contributed by atoms with E-state index in [1.54, 1.807) is 11.8 Å². The number of rotatable bonds is 5. The highest BCUT2D eigenvalue weighted by atomic mass is 35.5. The van der Waals surface area contributed by atoms with Crippen LogP contribution in [0.2, 0.25) is 0 Å². The van der Waals surface area contributed by atoms with E-state index in [1.807, 2.05) is 4.90 Å². The van der Waals surface area contributed by atoms with Crippen molar-refractivity contribution in [2.24, 2.45) is 11.7 Å². The van der Waals surface area contributed by atoms with Crippen LogP contribution < -0.4 is 5.73 Å². The Morgan fingerprint density at radius 2 is 2.33 bits per heavy atom. The molecule has 0 bridgehead atoms. The van der Waals surface area contributed by atoms with Gasteiger partial charge in [0.2, 0.25) is 5.91 Å². The Morgan fingerprint density at radius 1 is 1.60 bits per heavy atom. The van der Waals surface area contributed by atoms with Gasteiger partial charge >= 0.3 is 0 Å². The summed E-state index contributed by atoms with van der Waals surface area (Å²) in [4.78, 5) is 13.6. The maximum atomic E-state index is 11.6. The first-order chi connectivity index (χ1) is 6.77. The second-order valence-corrected chi connectivity index (χ2v) is 4.89. The van der Waals surface area contributed by atoms with Gasteiger partial charge in [-0.3, -0.25) is 4.79 Å². The minimum absolute atomic E-state index is 0. The average Bonchev–Trinajstić information content (AvgIpc) is 2.66. The van der Waals surface area contributed by atoms with E-state index in [-0.39, 0.29) is 12.4 Å². The number of halogens is 1. The fourth-order valence-electron chi connectivity index (χ4n) is 1.65. The Labute approximate surface area is 103 Å². The van der Waals surface area contributed by atoms with Crippen molar-refractivity contribution in [1.29, 1.82) is 0 Å². The topological polar surface area (TPSA) is 46.3 Å². The van der Waals surface area contributed by atoms with Crippen molar-refractivity contribution in [1.82, 2.24) is 4.90 Å². The van der Waals surface area contributed by atoms with E-state index in [2.05, 4.69) is 6.92 Å². The van der Waals surface area contributed by atoms with E-state index in [9.17, 15) is 4.79 Å². The highest BCUT2D eigenvalue weighted by Crippen LogP contribution is 2.16. The molecule has 1 aliphatic rings. The summed E-state index contributed by atoms with van der Waals surface area (Å²) in [6, 6.07) is 0. The predicted molar refractivity (Wildman–Crippen MR) is 68.6 cm³/mol. The lowest BCUT2D eigenvalue weighted by molar-refractivity contribution is -0.127. The Morgan fingerprint density at radius 3 is 2.87 bits per heavy atom. The molecule has 1 atom stereocenters. The maximum Gasteiger partial charge on any atom is 0.232 e. The molecule has 0 saturated carbocycles. The summed E-state index contributed by atoms with van der Waals surface area (Å²) in [5.74, 6) is 2.56. The molecule has 0 radical (unpaired) electrons. The Kier molecular flexibility index (Phi) is 8.29. The molecular formula is C10H21ClN2OS. The van der Waals surface area contributed by atoms with Gasteiger partial charge in [0.25, 0.3) is 0 Å². The average molecular weight is 253 g/mol. The minimum atomic E-state index is 0. The molecule has 1 fully saturated rings. The van der Waals surface area contributed by atoms with Gasteiger partial charge in [0.05, 0.1) is 5.75 Å². The van der Waals surface area contributed by atoms with Crippen LogP contribution in [0.1, 0.15) is 19.8 Å². The quantitative estimate of drug-likeness (QED) is 0.752. The van der Waals surface area contributed by atoms with Crippen LogP contribution in [0.5, 0.6) is 0 Å². The molecule has 0 aliphatic carbocycles. The molecule has 1 aliphatic heterocycles. The molecule has 0 spiro atoms. The van der Waals surface area contributed by atoms with Gasteiger partial charge < -0.3 is 10.6 Å². The number of nitrogens with zero attached hydrogens (tertiary/aromatic N) is 1. The summed E-state index contributed by atoms with van der Waals surface area (Å²) >= 11 is 1.73. The molecule has 15 heavy (non-hydrogen) atoms. The van der Waals surface area contributed by atoms with Crippen molar-refractivity contribution in [3.05, 3.63) is 0 Å². The fourth-order valence-corrected chi connectivity index (χ4v) is 2.44. The Balaban J connectivity index is 0.00000196. The summed E-state index contributed by atoms with van der Waals surface area (Å²) in [7, 11) is 0. The molecule has 1 saturated heterocycles. The number of nitrogens with two attached hydrogens (primary N) is 1. The molecule has 1 amide bonds. The normalized spacial score (nSPS) is 20.1. The number of amides is 1. The van der Waals surface area contributed by atoms with Crippen LogP contribution in [0.3, 0.4) is 0 Å². The smallest absolute Gasteiger partial charge is 0.232 e. The second kappa shape index (κ2) is 8.25. The van der Waals surface area contributed by atoms with Crippen molar-refractivity contribution in [3.63, 3.8) is 0 Å². The minimum Gasteiger partial charge on any atom is -0.342 e. The molecule has 2 N–H and O–H groups in total.